The van der Waals surface area contributed by atoms with E-state index >= 15 is 0 Å². The van der Waals surface area contributed by atoms with Crippen molar-refractivity contribution in [2.75, 3.05) is 7.11 Å². The van der Waals surface area contributed by atoms with E-state index in [2.05, 4.69) is 0 Å². The number of hydrogen-bond acceptors (Lipinski definition) is 2. The number of nitrogens with two attached hydrogens (primary N) is 1. The van der Waals surface area contributed by atoms with E-state index < -0.39 is 17.2 Å². The minimum Gasteiger partial charge on any atom is -0.496 e. The van der Waals surface area contributed by atoms with Crippen LogP contribution < -0.4 is 10.5 Å². The molecule has 2 aromatic carbocycles. The largest absolute Gasteiger partial charge is 0.496 e. The second kappa shape index (κ2) is 5.59. The first-order chi connectivity index (χ1) is 9.45. The standard InChI is InChI=1S/C16H17F2NO/c1-16(19,12-7-3-4-9-14(12)20-2)10-11-6-5-8-13(17)15(11)18/h3-9H,10,19H2,1-2H3. The van der Waals surface area contributed by atoms with Crippen molar-refractivity contribution in [3.8, 4) is 5.75 Å². The maximum absolute atomic E-state index is 13.8. The van der Waals surface area contributed by atoms with Crippen LogP contribution in [0.15, 0.2) is 42.5 Å². The fraction of sp³-hybridized carbons (Fsp3) is 0.250. The number of methoxy groups -OCH3 is 1. The molecule has 2 rings (SSSR count). The monoisotopic (exact) mass is 277 g/mol. The van der Waals surface area contributed by atoms with Crippen LogP contribution in [0.4, 0.5) is 8.78 Å². The average molecular weight is 277 g/mol. The molecule has 0 radical (unpaired) electrons. The molecule has 0 bridgehead atoms. The third-order valence-corrected chi connectivity index (χ3v) is 3.31. The summed E-state index contributed by atoms with van der Waals surface area (Å²) in [7, 11) is 1.55. The summed E-state index contributed by atoms with van der Waals surface area (Å²) >= 11 is 0. The van der Waals surface area contributed by atoms with Gasteiger partial charge in [-0.3, -0.25) is 0 Å². The van der Waals surface area contributed by atoms with Crippen LogP contribution in [0.5, 0.6) is 5.75 Å². The van der Waals surface area contributed by atoms with Gasteiger partial charge in [-0.25, -0.2) is 8.78 Å². The molecule has 2 nitrogen and oxygen atoms in total. The van der Waals surface area contributed by atoms with Gasteiger partial charge in [0.2, 0.25) is 0 Å². The Morgan fingerprint density at radius 2 is 1.80 bits per heavy atom. The molecule has 4 heteroatoms. The van der Waals surface area contributed by atoms with Crippen molar-refractivity contribution in [3.63, 3.8) is 0 Å². The van der Waals surface area contributed by atoms with E-state index in [0.717, 1.165) is 11.6 Å². The van der Waals surface area contributed by atoms with Gasteiger partial charge < -0.3 is 10.5 Å². The minimum absolute atomic E-state index is 0.178. The summed E-state index contributed by atoms with van der Waals surface area (Å²) in [6.45, 7) is 1.77. The maximum Gasteiger partial charge on any atom is 0.162 e. The summed E-state index contributed by atoms with van der Waals surface area (Å²) in [4.78, 5) is 0. The second-order valence-corrected chi connectivity index (χ2v) is 5.01. The summed E-state index contributed by atoms with van der Waals surface area (Å²) < 4.78 is 32.3. The second-order valence-electron chi connectivity index (χ2n) is 5.01. The fourth-order valence-electron chi connectivity index (χ4n) is 2.29. The van der Waals surface area contributed by atoms with E-state index in [4.69, 9.17) is 10.5 Å². The normalized spacial score (nSPS) is 13.8. The highest BCUT2D eigenvalue weighted by Crippen LogP contribution is 2.31. The Bertz CT molecular complexity index is 611. The van der Waals surface area contributed by atoms with Crippen LogP contribution in [-0.2, 0) is 12.0 Å². The van der Waals surface area contributed by atoms with E-state index in [1.54, 1.807) is 26.2 Å². The zero-order chi connectivity index (χ0) is 14.8. The van der Waals surface area contributed by atoms with Gasteiger partial charge in [-0.15, -0.1) is 0 Å². The Labute approximate surface area is 117 Å². The molecular weight excluding hydrogens is 260 g/mol. The molecule has 2 aromatic rings. The van der Waals surface area contributed by atoms with Gasteiger partial charge in [-0.1, -0.05) is 30.3 Å². The molecule has 1 unspecified atom stereocenters. The topological polar surface area (TPSA) is 35.2 Å². The van der Waals surface area contributed by atoms with Crippen LogP contribution >= 0.6 is 0 Å². The number of rotatable bonds is 4. The smallest absolute Gasteiger partial charge is 0.162 e. The van der Waals surface area contributed by atoms with Gasteiger partial charge in [-0.2, -0.15) is 0 Å². The van der Waals surface area contributed by atoms with Gasteiger partial charge in [-0.05, 0) is 31.0 Å². The first kappa shape index (κ1) is 14.5. The molecule has 0 aliphatic carbocycles. The van der Waals surface area contributed by atoms with E-state index in [-0.39, 0.29) is 12.0 Å². The van der Waals surface area contributed by atoms with E-state index in [9.17, 15) is 8.78 Å². The Morgan fingerprint density at radius 3 is 2.50 bits per heavy atom. The third kappa shape index (κ3) is 2.80. The SMILES string of the molecule is COc1ccccc1C(C)(N)Cc1cccc(F)c1F. The van der Waals surface area contributed by atoms with Crippen LogP contribution in [0.3, 0.4) is 0 Å². The lowest BCUT2D eigenvalue weighted by Crippen LogP contribution is -2.36. The van der Waals surface area contributed by atoms with Gasteiger partial charge in [0.05, 0.1) is 7.11 Å². The van der Waals surface area contributed by atoms with E-state index in [1.807, 2.05) is 18.2 Å². The zero-order valence-electron chi connectivity index (χ0n) is 11.5. The van der Waals surface area contributed by atoms with E-state index in [1.165, 1.54) is 6.07 Å². The lowest BCUT2D eigenvalue weighted by atomic mass is 9.86. The zero-order valence-corrected chi connectivity index (χ0v) is 11.5. The van der Waals surface area contributed by atoms with Crippen molar-refractivity contribution in [1.29, 1.82) is 0 Å². The summed E-state index contributed by atoms with van der Waals surface area (Å²) in [5.41, 5.74) is 6.44. The van der Waals surface area contributed by atoms with Gasteiger partial charge in [0, 0.05) is 11.1 Å². The molecule has 106 valence electrons. The Balaban J connectivity index is 2.38. The fourth-order valence-corrected chi connectivity index (χ4v) is 2.29. The molecule has 0 fully saturated rings. The molecule has 2 N–H and O–H groups in total. The third-order valence-electron chi connectivity index (χ3n) is 3.31. The van der Waals surface area contributed by atoms with Crippen LogP contribution in [0, 0.1) is 11.6 Å². The predicted octanol–water partition coefficient (Wildman–Crippen LogP) is 3.39. The minimum atomic E-state index is -0.863. The molecular formula is C16H17F2NO. The van der Waals surface area contributed by atoms with Gasteiger partial charge >= 0.3 is 0 Å². The predicted molar refractivity (Wildman–Crippen MR) is 74.6 cm³/mol. The average Bonchev–Trinajstić information content (AvgIpc) is 2.43. The highest BCUT2D eigenvalue weighted by Gasteiger charge is 2.27. The summed E-state index contributed by atoms with van der Waals surface area (Å²) in [5, 5.41) is 0. The number of hydrogen-bond donors (Lipinski definition) is 1. The molecule has 0 heterocycles. The van der Waals surface area contributed by atoms with Crippen molar-refractivity contribution in [1.82, 2.24) is 0 Å². The summed E-state index contributed by atoms with van der Waals surface area (Å²) in [6, 6.07) is 11.4. The highest BCUT2D eigenvalue weighted by molar-refractivity contribution is 5.40. The van der Waals surface area contributed by atoms with Crippen molar-refractivity contribution < 1.29 is 13.5 Å². The molecule has 0 saturated carbocycles. The number of para-hydroxylation sites is 1. The van der Waals surface area contributed by atoms with Gasteiger partial charge in [0.25, 0.3) is 0 Å². The van der Waals surface area contributed by atoms with Gasteiger partial charge in [0.1, 0.15) is 5.75 Å². The van der Waals surface area contributed by atoms with Crippen molar-refractivity contribution in [3.05, 3.63) is 65.2 Å². The summed E-state index contributed by atoms with van der Waals surface area (Å²) in [6.07, 6.45) is 0.178. The molecule has 0 amide bonds. The molecule has 1 atom stereocenters. The molecule has 20 heavy (non-hydrogen) atoms. The molecule has 0 aromatic heterocycles. The van der Waals surface area contributed by atoms with Crippen LogP contribution in [0.2, 0.25) is 0 Å². The maximum atomic E-state index is 13.8. The Hall–Kier alpha value is -1.94. The molecule has 0 aliphatic rings. The van der Waals surface area contributed by atoms with Gasteiger partial charge in [0.15, 0.2) is 11.6 Å². The summed E-state index contributed by atoms with van der Waals surface area (Å²) in [5.74, 6) is -1.08. The Kier molecular flexibility index (Phi) is 4.04. The molecule has 0 aliphatic heterocycles. The van der Waals surface area contributed by atoms with Crippen molar-refractivity contribution in [2.45, 2.75) is 18.9 Å². The first-order valence-electron chi connectivity index (χ1n) is 6.31. The number of halogens is 2. The van der Waals surface area contributed by atoms with Crippen molar-refractivity contribution in [2.24, 2.45) is 5.73 Å². The molecule has 0 saturated heterocycles. The van der Waals surface area contributed by atoms with Crippen LogP contribution in [-0.4, -0.2) is 7.11 Å². The first-order valence-corrected chi connectivity index (χ1v) is 6.31. The lowest BCUT2D eigenvalue weighted by molar-refractivity contribution is 0.383. The number of ether oxygens (including phenoxy) is 1. The van der Waals surface area contributed by atoms with E-state index in [0.29, 0.717) is 5.75 Å². The quantitative estimate of drug-likeness (QED) is 0.929. The van der Waals surface area contributed by atoms with Crippen LogP contribution in [0.1, 0.15) is 18.1 Å². The highest BCUT2D eigenvalue weighted by atomic mass is 19.2. The molecule has 0 spiro atoms. The Morgan fingerprint density at radius 1 is 1.10 bits per heavy atom. The van der Waals surface area contributed by atoms with Crippen molar-refractivity contribution >= 4 is 0 Å². The number of benzene rings is 2. The van der Waals surface area contributed by atoms with Crippen LogP contribution in [0.25, 0.3) is 0 Å². The lowest BCUT2D eigenvalue weighted by Gasteiger charge is -2.27.